The van der Waals surface area contributed by atoms with Crippen LogP contribution in [0.5, 0.6) is 0 Å². The number of hydrogen-bond acceptors (Lipinski definition) is 1. The number of unbranched alkanes of at least 4 members (excludes halogenated alkanes) is 31. The fourth-order valence-electron chi connectivity index (χ4n) is 5.49. The zero-order valence-electron chi connectivity index (χ0n) is 24.8. The Labute approximate surface area is 224 Å². The van der Waals surface area contributed by atoms with E-state index in [2.05, 4.69) is 6.92 Å². The highest BCUT2D eigenvalue weighted by Crippen LogP contribution is 2.16. The molecule has 212 valence electrons. The summed E-state index contributed by atoms with van der Waals surface area (Å²) in [7, 11) is 0. The van der Waals surface area contributed by atoms with Gasteiger partial charge in [-0.15, -0.1) is 0 Å². The van der Waals surface area contributed by atoms with Gasteiger partial charge in [0.15, 0.2) is 0 Å². The van der Waals surface area contributed by atoms with Crippen LogP contribution in [-0.2, 0) is 0 Å². The molecule has 0 saturated heterocycles. The van der Waals surface area contributed by atoms with Crippen LogP contribution in [0.3, 0.4) is 0 Å². The Morgan fingerprint density at radius 3 is 0.514 bits per heavy atom. The van der Waals surface area contributed by atoms with Gasteiger partial charge in [-0.2, -0.15) is 0 Å². The smallest absolute Gasteiger partial charge is 0.0431 e. The van der Waals surface area contributed by atoms with E-state index < -0.39 is 0 Å². The van der Waals surface area contributed by atoms with Gasteiger partial charge in [0.2, 0.25) is 0 Å². The molecule has 0 aromatic rings. The zero-order valence-corrected chi connectivity index (χ0v) is 24.8. The van der Waals surface area contributed by atoms with E-state index in [0.717, 1.165) is 6.42 Å². The summed E-state index contributed by atoms with van der Waals surface area (Å²) in [5.74, 6) is 0. The number of rotatable bonds is 32. The van der Waals surface area contributed by atoms with Crippen LogP contribution in [0.25, 0.3) is 0 Å². The predicted octanol–water partition coefficient (Wildman–Crippen LogP) is 12.5. The second-order valence-corrected chi connectivity index (χ2v) is 11.7. The first kappa shape index (κ1) is 35.0. The molecule has 0 saturated carbocycles. The molecular formula is C34H70O. The Morgan fingerprint density at radius 1 is 0.229 bits per heavy atom. The lowest BCUT2D eigenvalue weighted by Gasteiger charge is -2.04. The summed E-state index contributed by atoms with van der Waals surface area (Å²) in [5.41, 5.74) is 0. The van der Waals surface area contributed by atoms with Crippen LogP contribution in [0.15, 0.2) is 0 Å². The van der Waals surface area contributed by atoms with Gasteiger partial charge in [0.25, 0.3) is 0 Å². The summed E-state index contributed by atoms with van der Waals surface area (Å²) >= 11 is 0. The lowest BCUT2D eigenvalue weighted by Crippen LogP contribution is -1.85. The lowest BCUT2D eigenvalue weighted by molar-refractivity contribution is 0.282. The minimum atomic E-state index is 0.375. The molecule has 1 nitrogen and oxygen atoms in total. The molecule has 1 N–H and O–H groups in total. The van der Waals surface area contributed by atoms with E-state index in [1.54, 1.807) is 0 Å². The molecule has 1 heteroatoms. The Hall–Kier alpha value is -0.0400. The molecule has 0 spiro atoms. The average molecular weight is 495 g/mol. The number of aliphatic hydroxyl groups excluding tert-OH is 1. The molecule has 0 aromatic carbocycles. The van der Waals surface area contributed by atoms with Gasteiger partial charge in [-0.1, -0.05) is 206 Å². The van der Waals surface area contributed by atoms with Crippen LogP contribution in [-0.4, -0.2) is 11.7 Å². The Bertz CT molecular complexity index is 307. The first-order valence-corrected chi connectivity index (χ1v) is 17.0. The molecular weight excluding hydrogens is 424 g/mol. The molecule has 0 rings (SSSR count). The number of hydrogen-bond donors (Lipinski definition) is 1. The molecule has 0 fully saturated rings. The van der Waals surface area contributed by atoms with E-state index >= 15 is 0 Å². The SMILES string of the molecule is CCCCCCCCCCCCCCCCCCCCCCCCCCCCCCCCCCO. The fraction of sp³-hybridized carbons (Fsp3) is 1.00. The molecule has 0 atom stereocenters. The van der Waals surface area contributed by atoms with Crippen LogP contribution >= 0.6 is 0 Å². The van der Waals surface area contributed by atoms with Crippen molar-refractivity contribution in [1.82, 2.24) is 0 Å². The average Bonchev–Trinajstić information content (AvgIpc) is 2.87. The van der Waals surface area contributed by atoms with Gasteiger partial charge in [-0.25, -0.2) is 0 Å². The van der Waals surface area contributed by atoms with Crippen molar-refractivity contribution < 1.29 is 5.11 Å². The Kier molecular flexibility index (Phi) is 33.9. The summed E-state index contributed by atoms with van der Waals surface area (Å²) < 4.78 is 0. The summed E-state index contributed by atoms with van der Waals surface area (Å²) in [6.07, 6.45) is 46.0. The highest BCUT2D eigenvalue weighted by Gasteiger charge is 1.97. The van der Waals surface area contributed by atoms with Gasteiger partial charge in [0.05, 0.1) is 0 Å². The van der Waals surface area contributed by atoms with Crippen molar-refractivity contribution in [3.63, 3.8) is 0 Å². The summed E-state index contributed by atoms with van der Waals surface area (Å²) in [6.45, 7) is 2.68. The van der Waals surface area contributed by atoms with Crippen molar-refractivity contribution in [3.05, 3.63) is 0 Å². The van der Waals surface area contributed by atoms with Crippen molar-refractivity contribution in [2.24, 2.45) is 0 Å². The minimum absolute atomic E-state index is 0.375. The maximum Gasteiger partial charge on any atom is 0.0431 e. The number of aliphatic hydroxyl groups is 1. The third kappa shape index (κ3) is 34.0. The first-order chi connectivity index (χ1) is 17.4. The van der Waals surface area contributed by atoms with Crippen molar-refractivity contribution in [1.29, 1.82) is 0 Å². The van der Waals surface area contributed by atoms with Gasteiger partial charge in [-0.05, 0) is 6.42 Å². The summed E-state index contributed by atoms with van der Waals surface area (Å²) in [6, 6.07) is 0. The molecule has 0 unspecified atom stereocenters. The topological polar surface area (TPSA) is 20.2 Å². The van der Waals surface area contributed by atoms with Crippen molar-refractivity contribution >= 4 is 0 Å². The molecule has 0 aliphatic rings. The summed E-state index contributed by atoms with van der Waals surface area (Å²) in [5, 5.41) is 8.78. The van der Waals surface area contributed by atoms with Gasteiger partial charge in [-0.3, -0.25) is 0 Å². The van der Waals surface area contributed by atoms with Gasteiger partial charge < -0.3 is 5.11 Å². The van der Waals surface area contributed by atoms with Gasteiger partial charge >= 0.3 is 0 Å². The van der Waals surface area contributed by atoms with Gasteiger partial charge in [0.1, 0.15) is 0 Å². The maximum absolute atomic E-state index is 8.78. The van der Waals surface area contributed by atoms with Crippen molar-refractivity contribution in [2.45, 2.75) is 212 Å². The first-order valence-electron chi connectivity index (χ1n) is 17.0. The molecule has 0 amide bonds. The second kappa shape index (κ2) is 34.0. The third-order valence-electron chi connectivity index (χ3n) is 8.01. The van der Waals surface area contributed by atoms with Crippen LogP contribution in [0.4, 0.5) is 0 Å². The van der Waals surface area contributed by atoms with Crippen LogP contribution in [0.2, 0.25) is 0 Å². The van der Waals surface area contributed by atoms with E-state index in [9.17, 15) is 0 Å². The highest BCUT2D eigenvalue weighted by molar-refractivity contribution is 4.52. The zero-order chi connectivity index (χ0) is 25.3. The summed E-state index contributed by atoms with van der Waals surface area (Å²) in [4.78, 5) is 0. The molecule has 0 aliphatic heterocycles. The van der Waals surface area contributed by atoms with E-state index in [0.29, 0.717) is 6.61 Å². The van der Waals surface area contributed by atoms with E-state index in [1.165, 1.54) is 199 Å². The van der Waals surface area contributed by atoms with Crippen LogP contribution < -0.4 is 0 Å². The maximum atomic E-state index is 8.78. The molecule has 0 aliphatic carbocycles. The molecule has 0 aromatic heterocycles. The molecule has 0 heterocycles. The van der Waals surface area contributed by atoms with Gasteiger partial charge in [0, 0.05) is 6.61 Å². The standard InChI is InChI=1S/C34H70O/c1-2-3-4-5-6-7-8-9-10-11-12-13-14-15-16-17-18-19-20-21-22-23-24-25-26-27-28-29-30-31-32-33-34-35/h35H,2-34H2,1H3. The highest BCUT2D eigenvalue weighted by atomic mass is 16.2. The molecule has 0 radical (unpaired) electrons. The molecule has 0 bridgehead atoms. The Balaban J connectivity index is 3.00. The fourth-order valence-corrected chi connectivity index (χ4v) is 5.49. The predicted molar refractivity (Wildman–Crippen MR) is 161 cm³/mol. The van der Waals surface area contributed by atoms with Crippen LogP contribution in [0, 0.1) is 0 Å². The van der Waals surface area contributed by atoms with E-state index in [1.807, 2.05) is 0 Å². The normalized spacial score (nSPS) is 11.5. The van der Waals surface area contributed by atoms with E-state index in [-0.39, 0.29) is 0 Å². The largest absolute Gasteiger partial charge is 0.396 e. The van der Waals surface area contributed by atoms with Crippen LogP contribution in [0.1, 0.15) is 212 Å². The third-order valence-corrected chi connectivity index (χ3v) is 8.01. The molecule has 35 heavy (non-hydrogen) atoms. The van der Waals surface area contributed by atoms with E-state index in [4.69, 9.17) is 5.11 Å². The van der Waals surface area contributed by atoms with Crippen molar-refractivity contribution in [2.75, 3.05) is 6.61 Å². The second-order valence-electron chi connectivity index (χ2n) is 11.7. The van der Waals surface area contributed by atoms with Crippen molar-refractivity contribution in [3.8, 4) is 0 Å². The minimum Gasteiger partial charge on any atom is -0.396 e. The lowest BCUT2D eigenvalue weighted by atomic mass is 10.0. The quantitative estimate of drug-likeness (QED) is 0.0921. The Morgan fingerprint density at radius 2 is 0.371 bits per heavy atom. The monoisotopic (exact) mass is 495 g/mol.